The first-order valence-corrected chi connectivity index (χ1v) is 12.2. The zero-order chi connectivity index (χ0) is 23.8. The van der Waals surface area contributed by atoms with Crippen LogP contribution in [0.5, 0.6) is 0 Å². The molecule has 1 aliphatic rings. The van der Waals surface area contributed by atoms with E-state index in [1.807, 2.05) is 12.1 Å². The number of tetrazole rings is 1. The number of aromatic nitrogens is 4. The Morgan fingerprint density at radius 3 is 2.39 bits per heavy atom. The first kappa shape index (κ1) is 23.3. The fourth-order valence-corrected chi connectivity index (χ4v) is 5.31. The SMILES string of the molecule is CS(=O)(=O)c1c(C(F)(F)F)ccc(-c2ccc(C3CN(CCCN)C3)cc2)c1-c1nnn[nH]1. The van der Waals surface area contributed by atoms with Crippen molar-refractivity contribution in [2.45, 2.75) is 23.4 Å². The van der Waals surface area contributed by atoms with E-state index in [0.717, 1.165) is 43.9 Å². The van der Waals surface area contributed by atoms with Crippen molar-refractivity contribution >= 4 is 9.84 Å². The average Bonchev–Trinajstić information content (AvgIpc) is 3.25. The van der Waals surface area contributed by atoms with Crippen LogP contribution in [0, 0.1) is 0 Å². The van der Waals surface area contributed by atoms with Gasteiger partial charge in [-0.1, -0.05) is 30.3 Å². The second-order valence-electron chi connectivity index (χ2n) is 8.11. The number of H-pyrrole nitrogens is 1. The maximum Gasteiger partial charge on any atom is 0.417 e. The topological polar surface area (TPSA) is 118 Å². The monoisotopic (exact) mass is 480 g/mol. The van der Waals surface area contributed by atoms with Crippen molar-refractivity contribution in [1.29, 1.82) is 0 Å². The van der Waals surface area contributed by atoms with E-state index in [-0.39, 0.29) is 17.0 Å². The Hall–Kier alpha value is -2.83. The smallest absolute Gasteiger partial charge is 0.330 e. The molecule has 0 atom stereocenters. The number of nitrogens with two attached hydrogens (primary N) is 1. The van der Waals surface area contributed by atoms with E-state index >= 15 is 0 Å². The number of hydrogen-bond acceptors (Lipinski definition) is 7. The third-order valence-corrected chi connectivity index (χ3v) is 6.91. The Morgan fingerprint density at radius 1 is 1.15 bits per heavy atom. The number of halogens is 3. The van der Waals surface area contributed by atoms with Gasteiger partial charge in [-0.2, -0.15) is 13.2 Å². The lowest BCUT2D eigenvalue weighted by atomic mass is 9.89. The number of likely N-dealkylation sites (tertiary alicyclic amines) is 1. The molecule has 2 aromatic carbocycles. The molecule has 12 heteroatoms. The van der Waals surface area contributed by atoms with Gasteiger partial charge in [-0.15, -0.1) is 5.10 Å². The third-order valence-electron chi connectivity index (χ3n) is 5.74. The molecule has 0 unspecified atom stereocenters. The molecule has 8 nitrogen and oxygen atoms in total. The van der Waals surface area contributed by atoms with Crippen LogP contribution in [0.15, 0.2) is 41.3 Å². The van der Waals surface area contributed by atoms with Gasteiger partial charge in [0.1, 0.15) is 0 Å². The van der Waals surface area contributed by atoms with Crippen LogP contribution in [0.2, 0.25) is 0 Å². The lowest BCUT2D eigenvalue weighted by Gasteiger charge is -2.39. The Bertz CT molecular complexity index is 1220. The van der Waals surface area contributed by atoms with E-state index in [4.69, 9.17) is 5.73 Å². The van der Waals surface area contributed by atoms with Crippen LogP contribution in [-0.2, 0) is 16.0 Å². The highest BCUT2D eigenvalue weighted by Gasteiger charge is 2.39. The first-order chi connectivity index (χ1) is 15.6. The second-order valence-corrected chi connectivity index (χ2v) is 10.1. The summed E-state index contributed by atoms with van der Waals surface area (Å²) in [6.45, 7) is 3.46. The Balaban J connectivity index is 1.76. The molecule has 0 aliphatic carbocycles. The summed E-state index contributed by atoms with van der Waals surface area (Å²) < 4.78 is 66.1. The standard InChI is InChI=1S/C21H23F3N6O2S/c1-33(31,32)19-17(21(22,23)24)8-7-16(18(19)20-26-28-29-27-20)14-5-3-13(4-6-14)15-11-30(12-15)10-2-9-25/h3-8,15H,2,9-12,25H2,1H3,(H,26,27,28,29). The summed E-state index contributed by atoms with van der Waals surface area (Å²) in [7, 11) is -4.28. The number of sulfone groups is 1. The predicted molar refractivity (Wildman–Crippen MR) is 116 cm³/mol. The number of nitrogens with zero attached hydrogens (tertiary/aromatic N) is 4. The summed E-state index contributed by atoms with van der Waals surface area (Å²) in [5, 5.41) is 13.0. The highest BCUT2D eigenvalue weighted by molar-refractivity contribution is 7.91. The Labute approximate surface area is 188 Å². The van der Waals surface area contributed by atoms with Crippen LogP contribution in [-0.4, -0.2) is 66.4 Å². The van der Waals surface area contributed by atoms with Crippen molar-refractivity contribution in [2.75, 3.05) is 32.4 Å². The van der Waals surface area contributed by atoms with Crippen molar-refractivity contribution < 1.29 is 21.6 Å². The second kappa shape index (κ2) is 8.84. The maximum atomic E-state index is 13.7. The highest BCUT2D eigenvalue weighted by atomic mass is 32.2. The van der Waals surface area contributed by atoms with E-state index in [1.165, 1.54) is 6.07 Å². The van der Waals surface area contributed by atoms with Crippen LogP contribution in [0.25, 0.3) is 22.5 Å². The van der Waals surface area contributed by atoms with Gasteiger partial charge >= 0.3 is 6.18 Å². The molecule has 2 heterocycles. The summed E-state index contributed by atoms with van der Waals surface area (Å²) >= 11 is 0. The van der Waals surface area contributed by atoms with Gasteiger partial charge in [0.05, 0.1) is 10.5 Å². The molecular formula is C21H23F3N6O2S. The molecule has 1 aliphatic heterocycles. The van der Waals surface area contributed by atoms with Crippen molar-refractivity contribution in [3.8, 4) is 22.5 Å². The van der Waals surface area contributed by atoms with Crippen LogP contribution in [0.4, 0.5) is 13.2 Å². The number of benzene rings is 2. The summed E-state index contributed by atoms with van der Waals surface area (Å²) in [5.41, 5.74) is 6.04. The summed E-state index contributed by atoms with van der Waals surface area (Å²) in [6, 6.07) is 9.43. The summed E-state index contributed by atoms with van der Waals surface area (Å²) in [5.74, 6) is 0.212. The molecule has 1 saturated heterocycles. The molecule has 0 spiro atoms. The van der Waals surface area contributed by atoms with E-state index in [9.17, 15) is 21.6 Å². The highest BCUT2D eigenvalue weighted by Crippen LogP contribution is 2.43. The molecule has 0 bridgehead atoms. The molecule has 33 heavy (non-hydrogen) atoms. The van der Waals surface area contributed by atoms with Crippen molar-refractivity contribution in [2.24, 2.45) is 5.73 Å². The zero-order valence-electron chi connectivity index (χ0n) is 17.8. The number of nitrogens with one attached hydrogen (secondary N) is 1. The van der Waals surface area contributed by atoms with Crippen LogP contribution >= 0.6 is 0 Å². The molecule has 1 fully saturated rings. The van der Waals surface area contributed by atoms with Crippen molar-refractivity contribution in [3.05, 3.63) is 47.5 Å². The quantitative estimate of drug-likeness (QED) is 0.534. The van der Waals surface area contributed by atoms with Gasteiger partial charge in [-0.3, -0.25) is 0 Å². The Morgan fingerprint density at radius 2 is 1.85 bits per heavy atom. The molecule has 0 radical (unpaired) electrons. The van der Waals surface area contributed by atoms with Crippen LogP contribution in [0.1, 0.15) is 23.5 Å². The van der Waals surface area contributed by atoms with E-state index < -0.39 is 26.5 Å². The Kier molecular flexibility index (Phi) is 6.25. The van der Waals surface area contributed by atoms with Gasteiger partial charge in [0.25, 0.3) is 0 Å². The molecule has 3 N–H and O–H groups in total. The van der Waals surface area contributed by atoms with Gasteiger partial charge in [-0.25, -0.2) is 13.5 Å². The number of rotatable bonds is 7. The predicted octanol–water partition coefficient (Wildman–Crippen LogP) is 2.70. The fraction of sp³-hybridized carbons (Fsp3) is 0.381. The first-order valence-electron chi connectivity index (χ1n) is 10.3. The van der Waals surface area contributed by atoms with Gasteiger partial charge in [-0.05, 0) is 52.7 Å². The fourth-order valence-electron chi connectivity index (χ4n) is 4.14. The molecule has 176 valence electrons. The summed E-state index contributed by atoms with van der Waals surface area (Å²) in [4.78, 5) is 1.46. The largest absolute Gasteiger partial charge is 0.417 e. The van der Waals surface area contributed by atoms with E-state index in [0.29, 0.717) is 18.0 Å². The van der Waals surface area contributed by atoms with Gasteiger partial charge in [0.2, 0.25) is 0 Å². The van der Waals surface area contributed by atoms with Crippen molar-refractivity contribution in [1.82, 2.24) is 25.5 Å². The molecule has 0 amide bonds. The molecule has 4 rings (SSSR count). The summed E-state index contributed by atoms with van der Waals surface area (Å²) in [6.07, 6.45) is -3.19. The maximum absolute atomic E-state index is 13.7. The number of hydrogen-bond donors (Lipinski definition) is 2. The molecular weight excluding hydrogens is 457 g/mol. The van der Waals surface area contributed by atoms with Gasteiger partial charge in [0.15, 0.2) is 15.7 Å². The van der Waals surface area contributed by atoms with Crippen LogP contribution < -0.4 is 5.73 Å². The van der Waals surface area contributed by atoms with E-state index in [2.05, 4.69) is 25.5 Å². The number of aromatic amines is 1. The van der Waals surface area contributed by atoms with Crippen molar-refractivity contribution in [3.63, 3.8) is 0 Å². The van der Waals surface area contributed by atoms with Gasteiger partial charge in [0, 0.05) is 30.8 Å². The lowest BCUT2D eigenvalue weighted by Crippen LogP contribution is -2.45. The molecule has 3 aromatic rings. The lowest BCUT2D eigenvalue weighted by molar-refractivity contribution is -0.139. The van der Waals surface area contributed by atoms with Gasteiger partial charge < -0.3 is 10.6 Å². The van der Waals surface area contributed by atoms with E-state index in [1.54, 1.807) is 12.1 Å². The average molecular weight is 481 g/mol. The number of alkyl halides is 3. The minimum Gasteiger partial charge on any atom is -0.330 e. The minimum absolute atomic E-state index is 0.157. The zero-order valence-corrected chi connectivity index (χ0v) is 18.6. The third kappa shape index (κ3) is 4.77. The van der Waals surface area contributed by atoms with Crippen LogP contribution in [0.3, 0.4) is 0 Å². The molecule has 1 aromatic heterocycles. The molecule has 0 saturated carbocycles. The minimum atomic E-state index is -4.87. The normalized spacial score (nSPS) is 15.5.